The van der Waals surface area contributed by atoms with Gasteiger partial charge in [-0.05, 0) is 50.2 Å². The quantitative estimate of drug-likeness (QED) is 0.760. The SMILES string of the molecule is Cc1cccc(-c2nc(C)c(COc3ccc(C(=O)O)cc3)o2)c1. The van der Waals surface area contributed by atoms with Crippen molar-refractivity contribution in [2.75, 3.05) is 0 Å². The van der Waals surface area contributed by atoms with Crippen LogP contribution in [0.3, 0.4) is 0 Å². The van der Waals surface area contributed by atoms with E-state index in [0.717, 1.165) is 16.8 Å². The van der Waals surface area contributed by atoms with E-state index in [1.54, 1.807) is 12.1 Å². The fourth-order valence-electron chi connectivity index (χ4n) is 2.31. The average Bonchev–Trinajstić information content (AvgIpc) is 2.94. The van der Waals surface area contributed by atoms with Gasteiger partial charge in [-0.3, -0.25) is 0 Å². The first kappa shape index (κ1) is 15.8. The van der Waals surface area contributed by atoms with Gasteiger partial charge in [-0.2, -0.15) is 0 Å². The second kappa shape index (κ2) is 6.58. The van der Waals surface area contributed by atoms with E-state index in [1.165, 1.54) is 12.1 Å². The molecule has 0 spiro atoms. The van der Waals surface area contributed by atoms with Crippen molar-refractivity contribution in [3.05, 3.63) is 71.1 Å². The summed E-state index contributed by atoms with van der Waals surface area (Å²) in [7, 11) is 0. The molecule has 0 saturated carbocycles. The maximum atomic E-state index is 10.8. The van der Waals surface area contributed by atoms with E-state index in [0.29, 0.717) is 17.4 Å². The molecule has 0 saturated heterocycles. The van der Waals surface area contributed by atoms with Gasteiger partial charge < -0.3 is 14.3 Å². The Kier molecular flexibility index (Phi) is 4.33. The Morgan fingerprint density at radius 3 is 2.58 bits per heavy atom. The molecule has 1 heterocycles. The number of hydrogen-bond donors (Lipinski definition) is 1. The lowest BCUT2D eigenvalue weighted by Crippen LogP contribution is -1.98. The van der Waals surface area contributed by atoms with Crippen molar-refractivity contribution in [3.63, 3.8) is 0 Å². The highest BCUT2D eigenvalue weighted by Crippen LogP contribution is 2.24. The smallest absolute Gasteiger partial charge is 0.335 e. The van der Waals surface area contributed by atoms with Crippen LogP contribution in [-0.2, 0) is 6.61 Å². The molecule has 0 aliphatic rings. The van der Waals surface area contributed by atoms with Crippen molar-refractivity contribution in [1.29, 1.82) is 0 Å². The number of benzene rings is 2. The van der Waals surface area contributed by atoms with E-state index < -0.39 is 5.97 Å². The number of aromatic nitrogens is 1. The Morgan fingerprint density at radius 1 is 1.17 bits per heavy atom. The number of carboxylic acid groups (broad SMARTS) is 1. The van der Waals surface area contributed by atoms with Crippen LogP contribution in [0, 0.1) is 13.8 Å². The molecule has 0 unspecified atom stereocenters. The van der Waals surface area contributed by atoms with Crippen molar-refractivity contribution in [3.8, 4) is 17.2 Å². The topological polar surface area (TPSA) is 72.6 Å². The van der Waals surface area contributed by atoms with Crippen molar-refractivity contribution >= 4 is 5.97 Å². The summed E-state index contributed by atoms with van der Waals surface area (Å²) in [5.74, 6) is 0.827. The first-order valence-corrected chi connectivity index (χ1v) is 7.52. The van der Waals surface area contributed by atoms with Crippen LogP contribution in [0.4, 0.5) is 0 Å². The predicted molar refractivity (Wildman–Crippen MR) is 89.1 cm³/mol. The summed E-state index contributed by atoms with van der Waals surface area (Å²) in [6.07, 6.45) is 0. The van der Waals surface area contributed by atoms with Crippen LogP contribution in [0.15, 0.2) is 52.9 Å². The molecule has 1 N–H and O–H groups in total. The third-order valence-electron chi connectivity index (χ3n) is 3.63. The van der Waals surface area contributed by atoms with Crippen LogP contribution in [0.2, 0.25) is 0 Å². The number of hydrogen-bond acceptors (Lipinski definition) is 4. The lowest BCUT2D eigenvalue weighted by atomic mass is 10.1. The summed E-state index contributed by atoms with van der Waals surface area (Å²) in [5, 5.41) is 8.89. The molecule has 0 aliphatic heterocycles. The minimum atomic E-state index is -0.963. The Morgan fingerprint density at radius 2 is 1.92 bits per heavy atom. The average molecular weight is 323 g/mol. The molecule has 1 aromatic heterocycles. The molecule has 0 atom stereocenters. The summed E-state index contributed by atoms with van der Waals surface area (Å²) in [4.78, 5) is 15.3. The Labute approximate surface area is 139 Å². The van der Waals surface area contributed by atoms with Gasteiger partial charge >= 0.3 is 5.97 Å². The van der Waals surface area contributed by atoms with E-state index in [1.807, 2.05) is 38.1 Å². The molecule has 0 aliphatic carbocycles. The molecule has 5 nitrogen and oxygen atoms in total. The third-order valence-corrected chi connectivity index (χ3v) is 3.63. The van der Waals surface area contributed by atoms with Gasteiger partial charge in [0.1, 0.15) is 12.4 Å². The van der Waals surface area contributed by atoms with Gasteiger partial charge in [0, 0.05) is 5.56 Å². The molecule has 0 bridgehead atoms. The van der Waals surface area contributed by atoms with E-state index in [2.05, 4.69) is 4.98 Å². The molecule has 0 amide bonds. The van der Waals surface area contributed by atoms with Crippen molar-refractivity contribution < 1.29 is 19.1 Å². The van der Waals surface area contributed by atoms with Crippen molar-refractivity contribution in [1.82, 2.24) is 4.98 Å². The van der Waals surface area contributed by atoms with Crippen LogP contribution < -0.4 is 4.74 Å². The van der Waals surface area contributed by atoms with Gasteiger partial charge in [-0.1, -0.05) is 17.7 Å². The van der Waals surface area contributed by atoms with Gasteiger partial charge in [0.25, 0.3) is 0 Å². The highest BCUT2D eigenvalue weighted by molar-refractivity contribution is 5.87. The number of aryl methyl sites for hydroxylation is 2. The molecule has 122 valence electrons. The molecule has 3 rings (SSSR count). The van der Waals surface area contributed by atoms with Crippen molar-refractivity contribution in [2.24, 2.45) is 0 Å². The van der Waals surface area contributed by atoms with E-state index in [4.69, 9.17) is 14.3 Å². The van der Waals surface area contributed by atoms with Crippen LogP contribution >= 0.6 is 0 Å². The first-order chi connectivity index (χ1) is 11.5. The fraction of sp³-hybridized carbons (Fsp3) is 0.158. The monoisotopic (exact) mass is 323 g/mol. The molecule has 5 heteroatoms. The summed E-state index contributed by atoms with van der Waals surface area (Å²) >= 11 is 0. The number of rotatable bonds is 5. The summed E-state index contributed by atoms with van der Waals surface area (Å²) in [6, 6.07) is 14.2. The predicted octanol–water partition coefficient (Wildman–Crippen LogP) is 4.24. The van der Waals surface area contributed by atoms with Gasteiger partial charge in [0.15, 0.2) is 5.76 Å². The largest absolute Gasteiger partial charge is 0.486 e. The number of ether oxygens (including phenoxy) is 1. The van der Waals surface area contributed by atoms with Crippen molar-refractivity contribution in [2.45, 2.75) is 20.5 Å². The second-order valence-electron chi connectivity index (χ2n) is 5.52. The fourth-order valence-corrected chi connectivity index (χ4v) is 2.31. The molecular formula is C19H17NO4. The number of oxazole rings is 1. The molecular weight excluding hydrogens is 306 g/mol. The zero-order chi connectivity index (χ0) is 17.1. The minimum absolute atomic E-state index is 0.222. The lowest BCUT2D eigenvalue weighted by molar-refractivity contribution is 0.0697. The number of nitrogens with zero attached hydrogens (tertiary/aromatic N) is 1. The summed E-state index contributed by atoms with van der Waals surface area (Å²) in [5.41, 5.74) is 3.06. The number of carbonyl (C=O) groups is 1. The summed E-state index contributed by atoms with van der Waals surface area (Å²) in [6.45, 7) is 4.12. The maximum Gasteiger partial charge on any atom is 0.335 e. The first-order valence-electron chi connectivity index (χ1n) is 7.52. The Hall–Kier alpha value is -3.08. The highest BCUT2D eigenvalue weighted by atomic mass is 16.5. The van der Waals surface area contributed by atoms with Gasteiger partial charge in [0.2, 0.25) is 5.89 Å². The van der Waals surface area contributed by atoms with Crippen LogP contribution in [0.5, 0.6) is 5.75 Å². The van der Waals surface area contributed by atoms with Crippen LogP contribution in [-0.4, -0.2) is 16.1 Å². The van der Waals surface area contributed by atoms with Gasteiger partial charge in [-0.15, -0.1) is 0 Å². The van der Waals surface area contributed by atoms with Crippen LogP contribution in [0.1, 0.15) is 27.4 Å². The second-order valence-corrected chi connectivity index (χ2v) is 5.52. The minimum Gasteiger partial charge on any atom is -0.486 e. The number of carboxylic acids is 1. The van der Waals surface area contributed by atoms with Crippen LogP contribution in [0.25, 0.3) is 11.5 Å². The standard InChI is InChI=1S/C19H17NO4/c1-12-4-3-5-15(10-12)18-20-13(2)17(24-18)11-23-16-8-6-14(7-9-16)19(21)22/h3-10H,11H2,1-2H3,(H,21,22). The van der Waals surface area contributed by atoms with E-state index in [9.17, 15) is 4.79 Å². The van der Waals surface area contributed by atoms with E-state index in [-0.39, 0.29) is 12.2 Å². The number of aromatic carboxylic acids is 1. The Balaban J connectivity index is 1.73. The summed E-state index contributed by atoms with van der Waals surface area (Å²) < 4.78 is 11.5. The zero-order valence-electron chi connectivity index (χ0n) is 13.4. The van der Waals surface area contributed by atoms with Gasteiger partial charge in [0.05, 0.1) is 11.3 Å². The molecule has 24 heavy (non-hydrogen) atoms. The normalized spacial score (nSPS) is 10.6. The Bertz CT molecular complexity index is 865. The van der Waals surface area contributed by atoms with Gasteiger partial charge in [-0.25, -0.2) is 9.78 Å². The molecule has 0 radical (unpaired) electrons. The molecule has 2 aromatic carbocycles. The molecule has 0 fully saturated rings. The van der Waals surface area contributed by atoms with E-state index >= 15 is 0 Å². The molecule has 3 aromatic rings. The third kappa shape index (κ3) is 3.46. The lowest BCUT2D eigenvalue weighted by Gasteiger charge is -2.04. The maximum absolute atomic E-state index is 10.8. The highest BCUT2D eigenvalue weighted by Gasteiger charge is 2.12. The zero-order valence-corrected chi connectivity index (χ0v) is 13.4.